The summed E-state index contributed by atoms with van der Waals surface area (Å²) in [6.45, 7) is 0.369. The van der Waals surface area contributed by atoms with Crippen molar-refractivity contribution in [2.24, 2.45) is 0 Å². The first-order valence-electron chi connectivity index (χ1n) is 6.97. The Kier molecular flexibility index (Phi) is 4.08. The molecule has 7 nitrogen and oxygen atoms in total. The molecule has 0 aliphatic carbocycles. The molecule has 3 heterocycles. The highest BCUT2D eigenvalue weighted by atomic mass is 32.2. The number of hydrogen-bond acceptors (Lipinski definition) is 6. The highest BCUT2D eigenvalue weighted by molar-refractivity contribution is 7.89. The monoisotopic (exact) mass is 362 g/mol. The second-order valence-electron chi connectivity index (χ2n) is 5.42. The summed E-state index contributed by atoms with van der Waals surface area (Å²) in [5, 5.41) is 2.82. The van der Waals surface area contributed by atoms with Crippen molar-refractivity contribution in [2.45, 2.75) is 24.3 Å². The van der Waals surface area contributed by atoms with Gasteiger partial charge in [0.25, 0.3) is 0 Å². The zero-order chi connectivity index (χ0) is 17.5. The Labute approximate surface area is 135 Å². The van der Waals surface area contributed by atoms with Crippen LogP contribution in [0.1, 0.15) is 34.6 Å². The van der Waals surface area contributed by atoms with E-state index in [0.717, 1.165) is 12.3 Å². The molecule has 130 valence electrons. The van der Waals surface area contributed by atoms with Gasteiger partial charge in [0.2, 0.25) is 15.9 Å². The summed E-state index contributed by atoms with van der Waals surface area (Å²) in [6, 6.07) is 2.14. The summed E-state index contributed by atoms with van der Waals surface area (Å²) < 4.78 is 67.8. The molecule has 0 amide bonds. The Morgan fingerprint density at radius 2 is 2.12 bits per heavy atom. The summed E-state index contributed by atoms with van der Waals surface area (Å²) >= 11 is 0. The molecule has 2 aromatic rings. The van der Waals surface area contributed by atoms with Crippen molar-refractivity contribution in [1.82, 2.24) is 19.4 Å². The number of rotatable bonds is 3. The third-order valence-electron chi connectivity index (χ3n) is 3.74. The van der Waals surface area contributed by atoms with Gasteiger partial charge in [-0.1, -0.05) is 11.2 Å². The molecule has 0 bridgehead atoms. The molecule has 0 aromatic carbocycles. The predicted molar refractivity (Wildman–Crippen MR) is 75.3 cm³/mol. The van der Waals surface area contributed by atoms with Crippen LogP contribution >= 0.6 is 0 Å². The van der Waals surface area contributed by atoms with Gasteiger partial charge in [-0.05, 0) is 18.1 Å². The maximum Gasteiger partial charge on any atom is 0.433 e. The molecule has 24 heavy (non-hydrogen) atoms. The average molecular weight is 362 g/mol. The largest absolute Gasteiger partial charge is 0.433 e. The minimum Gasteiger partial charge on any atom is -0.338 e. The number of nitrogens with zero attached hydrogens (tertiary/aromatic N) is 4. The van der Waals surface area contributed by atoms with E-state index in [4.69, 9.17) is 4.52 Å². The van der Waals surface area contributed by atoms with Gasteiger partial charge in [-0.2, -0.15) is 18.2 Å². The van der Waals surface area contributed by atoms with Crippen LogP contribution in [0.4, 0.5) is 13.2 Å². The molecule has 0 spiro atoms. The normalized spacial score (nSPS) is 21.2. The van der Waals surface area contributed by atoms with Gasteiger partial charge >= 0.3 is 6.18 Å². The third-order valence-corrected chi connectivity index (χ3v) is 5.94. The van der Waals surface area contributed by atoms with Gasteiger partial charge in [0.1, 0.15) is 5.69 Å². The summed E-state index contributed by atoms with van der Waals surface area (Å²) in [5.41, 5.74) is -0.526. The molecule has 11 heteroatoms. The van der Waals surface area contributed by atoms with Crippen LogP contribution in [-0.4, -0.2) is 41.4 Å². The summed E-state index contributed by atoms with van der Waals surface area (Å²) in [7, 11) is -2.03. The predicted octanol–water partition coefficient (Wildman–Crippen LogP) is 1.78. The van der Waals surface area contributed by atoms with Crippen LogP contribution in [0.15, 0.2) is 22.9 Å². The Hall–Kier alpha value is -2.01. The van der Waals surface area contributed by atoms with E-state index in [0.29, 0.717) is 18.5 Å². The number of halogens is 3. The zero-order valence-corrected chi connectivity index (χ0v) is 13.3. The van der Waals surface area contributed by atoms with Crippen LogP contribution in [0.5, 0.6) is 0 Å². The fourth-order valence-electron chi connectivity index (χ4n) is 2.39. The van der Waals surface area contributed by atoms with Gasteiger partial charge in [0.05, 0.1) is 0 Å². The van der Waals surface area contributed by atoms with E-state index in [1.54, 1.807) is 0 Å². The van der Waals surface area contributed by atoms with Gasteiger partial charge in [-0.15, -0.1) is 0 Å². The van der Waals surface area contributed by atoms with E-state index in [-0.39, 0.29) is 18.1 Å². The molecule has 1 saturated heterocycles. The van der Waals surface area contributed by atoms with E-state index in [1.807, 2.05) is 0 Å². The van der Waals surface area contributed by atoms with Crippen LogP contribution in [-0.2, 0) is 22.6 Å². The summed E-state index contributed by atoms with van der Waals surface area (Å²) in [6.07, 6.45) is -2.97. The van der Waals surface area contributed by atoms with E-state index >= 15 is 0 Å². The highest BCUT2D eigenvalue weighted by Crippen LogP contribution is 2.33. The van der Waals surface area contributed by atoms with Gasteiger partial charge < -0.3 is 4.52 Å². The molecule has 0 N–H and O–H groups in total. The Morgan fingerprint density at radius 1 is 1.38 bits per heavy atom. The summed E-state index contributed by atoms with van der Waals surface area (Å²) in [4.78, 5) is 7.40. The van der Waals surface area contributed by atoms with E-state index in [2.05, 4.69) is 15.1 Å². The number of sulfonamides is 1. The number of alkyl halides is 3. The average Bonchev–Trinajstić information content (AvgIpc) is 3.04. The third kappa shape index (κ3) is 3.13. The van der Waals surface area contributed by atoms with Crippen molar-refractivity contribution < 1.29 is 26.1 Å². The molecular formula is C13H13F3N4O3S. The van der Waals surface area contributed by atoms with Crippen molar-refractivity contribution in [2.75, 3.05) is 13.6 Å². The first-order valence-corrected chi connectivity index (χ1v) is 8.48. The lowest BCUT2D eigenvalue weighted by Crippen LogP contribution is -2.22. The highest BCUT2D eigenvalue weighted by Gasteiger charge is 2.41. The Balaban J connectivity index is 1.75. The van der Waals surface area contributed by atoms with E-state index in [1.165, 1.54) is 17.4 Å². The first-order chi connectivity index (χ1) is 11.2. The molecule has 1 unspecified atom stereocenters. The molecule has 1 aliphatic heterocycles. The van der Waals surface area contributed by atoms with Gasteiger partial charge in [0.15, 0.2) is 11.1 Å². The van der Waals surface area contributed by atoms with Gasteiger partial charge in [0, 0.05) is 26.2 Å². The lowest BCUT2D eigenvalue weighted by atomic mass is 10.2. The lowest BCUT2D eigenvalue weighted by molar-refractivity contribution is -0.141. The van der Waals surface area contributed by atoms with Crippen molar-refractivity contribution in [3.05, 3.63) is 41.3 Å². The molecule has 1 atom stereocenters. The quantitative estimate of drug-likeness (QED) is 0.827. The number of pyridine rings is 1. The standard InChI is InChI=1S/C13H13F3N4O3S/c1-20-5-4-9(24(20,21)22)12-18-11(19-23-12)6-8-2-3-10(17-7-8)13(14,15)16/h2-3,7,9H,4-6H2,1H3. The van der Waals surface area contributed by atoms with Crippen molar-refractivity contribution >= 4 is 10.0 Å². The molecule has 3 rings (SSSR count). The van der Waals surface area contributed by atoms with E-state index in [9.17, 15) is 21.6 Å². The van der Waals surface area contributed by atoms with E-state index < -0.39 is 27.1 Å². The van der Waals surface area contributed by atoms with Crippen LogP contribution in [0.3, 0.4) is 0 Å². The number of hydrogen-bond donors (Lipinski definition) is 0. The lowest BCUT2D eigenvalue weighted by Gasteiger charge is -2.08. The smallest absolute Gasteiger partial charge is 0.338 e. The van der Waals surface area contributed by atoms with Crippen LogP contribution in [0, 0.1) is 0 Å². The van der Waals surface area contributed by atoms with Gasteiger partial charge in [-0.25, -0.2) is 12.7 Å². The molecule has 0 saturated carbocycles. The Morgan fingerprint density at radius 3 is 2.67 bits per heavy atom. The topological polar surface area (TPSA) is 89.2 Å². The minimum atomic E-state index is -4.50. The fraction of sp³-hybridized carbons (Fsp3) is 0.462. The van der Waals surface area contributed by atoms with Crippen molar-refractivity contribution in [3.63, 3.8) is 0 Å². The zero-order valence-electron chi connectivity index (χ0n) is 12.5. The SMILES string of the molecule is CN1CCC(c2nc(Cc3ccc(C(F)(F)F)nc3)no2)S1(=O)=O. The van der Waals surface area contributed by atoms with Crippen molar-refractivity contribution in [1.29, 1.82) is 0 Å². The second kappa shape index (κ2) is 5.81. The molecular weight excluding hydrogens is 349 g/mol. The van der Waals surface area contributed by atoms with Crippen LogP contribution in [0.2, 0.25) is 0 Å². The molecule has 0 radical (unpaired) electrons. The van der Waals surface area contributed by atoms with Crippen LogP contribution < -0.4 is 0 Å². The molecule has 1 fully saturated rings. The molecule has 2 aromatic heterocycles. The minimum absolute atomic E-state index is 0.00535. The second-order valence-corrected chi connectivity index (χ2v) is 7.64. The van der Waals surface area contributed by atoms with Gasteiger partial charge in [-0.3, -0.25) is 4.98 Å². The maximum absolute atomic E-state index is 12.5. The van der Waals surface area contributed by atoms with Crippen LogP contribution in [0.25, 0.3) is 0 Å². The molecule has 1 aliphatic rings. The fourth-order valence-corrected chi connectivity index (χ4v) is 3.94. The summed E-state index contributed by atoms with van der Waals surface area (Å²) in [5.74, 6) is 0.186. The van der Waals surface area contributed by atoms with Crippen molar-refractivity contribution in [3.8, 4) is 0 Å². The Bertz CT molecular complexity index is 833. The number of aromatic nitrogens is 3. The first kappa shape index (κ1) is 16.8. The maximum atomic E-state index is 12.5.